The van der Waals surface area contributed by atoms with Gasteiger partial charge >= 0.3 is 5.97 Å². The minimum absolute atomic E-state index is 0.0211. The molecule has 0 aliphatic carbocycles. The van der Waals surface area contributed by atoms with Gasteiger partial charge in [-0.15, -0.1) is 0 Å². The SMILES string of the molecule is CCCCCCCCCCC/C=C/C(O)C(CO)NC(=O)CCCCCCCCCCCCCCCCCCCCCCCCCCCCCCCOC(=O)CCCCCCCCCCCCCCC. The predicted octanol–water partition coefficient (Wildman–Crippen LogP) is 20.0. The van der Waals surface area contributed by atoms with Gasteiger partial charge in [-0.05, 0) is 32.1 Å². The number of nitrogens with one attached hydrogen (secondary N) is 1. The molecule has 416 valence electrons. The Labute approximate surface area is 438 Å². The molecule has 2 unspecified atom stereocenters. The zero-order valence-electron chi connectivity index (χ0n) is 47.5. The van der Waals surface area contributed by atoms with Crippen LogP contribution in [0.4, 0.5) is 0 Å². The normalized spacial score (nSPS) is 12.6. The van der Waals surface area contributed by atoms with Crippen molar-refractivity contribution in [2.24, 2.45) is 0 Å². The second-order valence-corrected chi connectivity index (χ2v) is 22.1. The molecule has 0 aliphatic rings. The van der Waals surface area contributed by atoms with Gasteiger partial charge in [0.15, 0.2) is 0 Å². The summed E-state index contributed by atoms with van der Waals surface area (Å²) in [6, 6.07) is -0.623. The molecule has 0 aromatic carbocycles. The van der Waals surface area contributed by atoms with E-state index in [-0.39, 0.29) is 18.5 Å². The van der Waals surface area contributed by atoms with E-state index in [1.807, 2.05) is 6.08 Å². The fraction of sp³-hybridized carbons (Fsp3) is 0.938. The van der Waals surface area contributed by atoms with Gasteiger partial charge in [0.1, 0.15) is 0 Å². The summed E-state index contributed by atoms with van der Waals surface area (Å²) in [5, 5.41) is 23.0. The number of carbonyl (C=O) groups is 2. The van der Waals surface area contributed by atoms with Crippen molar-refractivity contribution in [1.29, 1.82) is 0 Å². The number of esters is 1. The molecule has 6 nitrogen and oxygen atoms in total. The third-order valence-corrected chi connectivity index (χ3v) is 15.1. The van der Waals surface area contributed by atoms with E-state index >= 15 is 0 Å². The number of hydrogen-bond donors (Lipinski definition) is 3. The van der Waals surface area contributed by atoms with Crippen molar-refractivity contribution in [3.8, 4) is 0 Å². The number of amides is 1. The molecule has 1 amide bonds. The Morgan fingerprint density at radius 2 is 0.657 bits per heavy atom. The minimum atomic E-state index is -0.839. The van der Waals surface area contributed by atoms with Crippen LogP contribution in [0.3, 0.4) is 0 Å². The number of hydrogen-bond acceptors (Lipinski definition) is 5. The highest BCUT2D eigenvalue weighted by atomic mass is 16.5. The van der Waals surface area contributed by atoms with E-state index in [0.717, 1.165) is 38.5 Å². The van der Waals surface area contributed by atoms with Crippen molar-refractivity contribution in [2.75, 3.05) is 13.2 Å². The van der Waals surface area contributed by atoms with E-state index in [9.17, 15) is 19.8 Å². The first kappa shape index (κ1) is 68.6. The quantitative estimate of drug-likeness (QED) is 0.0321. The molecule has 0 saturated heterocycles. The highest BCUT2D eigenvalue weighted by Crippen LogP contribution is 2.18. The average Bonchev–Trinajstić information content (AvgIpc) is 3.36. The van der Waals surface area contributed by atoms with Gasteiger partial charge < -0.3 is 20.3 Å². The van der Waals surface area contributed by atoms with Crippen LogP contribution in [-0.4, -0.2) is 47.4 Å². The average molecular weight is 989 g/mol. The fourth-order valence-electron chi connectivity index (χ4n) is 10.2. The number of rotatable bonds is 60. The van der Waals surface area contributed by atoms with Gasteiger partial charge in [-0.2, -0.15) is 0 Å². The smallest absolute Gasteiger partial charge is 0.305 e. The van der Waals surface area contributed by atoms with Crippen LogP contribution in [0.2, 0.25) is 0 Å². The van der Waals surface area contributed by atoms with Crippen LogP contribution in [-0.2, 0) is 14.3 Å². The molecule has 0 heterocycles. The van der Waals surface area contributed by atoms with Crippen LogP contribution in [0, 0.1) is 0 Å². The number of carbonyl (C=O) groups excluding carboxylic acids is 2. The number of allylic oxidation sites excluding steroid dienone is 1. The Balaban J connectivity index is 3.32. The van der Waals surface area contributed by atoms with Crippen LogP contribution in [0.25, 0.3) is 0 Å². The molecular formula is C64H125NO5. The maximum atomic E-state index is 12.4. The van der Waals surface area contributed by atoms with Crippen molar-refractivity contribution in [3.05, 3.63) is 12.2 Å². The Morgan fingerprint density at radius 1 is 0.386 bits per heavy atom. The van der Waals surface area contributed by atoms with Gasteiger partial charge in [-0.25, -0.2) is 0 Å². The van der Waals surface area contributed by atoms with Crippen molar-refractivity contribution in [2.45, 2.75) is 373 Å². The van der Waals surface area contributed by atoms with Crippen molar-refractivity contribution in [3.63, 3.8) is 0 Å². The molecule has 6 heteroatoms. The van der Waals surface area contributed by atoms with Crippen molar-refractivity contribution >= 4 is 11.9 Å². The lowest BCUT2D eigenvalue weighted by Gasteiger charge is -2.20. The van der Waals surface area contributed by atoms with E-state index in [4.69, 9.17) is 4.74 Å². The van der Waals surface area contributed by atoms with E-state index in [1.54, 1.807) is 6.08 Å². The molecule has 0 rings (SSSR count). The molecule has 0 aromatic rings. The minimum Gasteiger partial charge on any atom is -0.466 e. The first-order chi connectivity index (χ1) is 34.5. The molecule has 3 N–H and O–H groups in total. The van der Waals surface area contributed by atoms with Crippen LogP contribution in [0.1, 0.15) is 361 Å². The summed E-state index contributed by atoms with van der Waals surface area (Å²) in [5.74, 6) is -0.0429. The van der Waals surface area contributed by atoms with E-state index < -0.39 is 12.1 Å². The lowest BCUT2D eigenvalue weighted by molar-refractivity contribution is -0.143. The van der Waals surface area contributed by atoms with Crippen LogP contribution in [0.5, 0.6) is 0 Å². The first-order valence-electron chi connectivity index (χ1n) is 32.0. The molecule has 0 saturated carbocycles. The number of ether oxygens (including phenoxy) is 1. The molecule has 0 aromatic heterocycles. The second kappa shape index (κ2) is 60.2. The van der Waals surface area contributed by atoms with Crippen LogP contribution >= 0.6 is 0 Å². The molecular weight excluding hydrogens is 863 g/mol. The van der Waals surface area contributed by atoms with Crippen molar-refractivity contribution < 1.29 is 24.5 Å². The maximum absolute atomic E-state index is 12.4. The zero-order chi connectivity index (χ0) is 50.7. The van der Waals surface area contributed by atoms with Crippen LogP contribution in [0.15, 0.2) is 12.2 Å². The van der Waals surface area contributed by atoms with Gasteiger partial charge in [0, 0.05) is 12.8 Å². The van der Waals surface area contributed by atoms with E-state index in [1.165, 1.54) is 295 Å². The molecule has 0 aliphatic heterocycles. The monoisotopic (exact) mass is 988 g/mol. The van der Waals surface area contributed by atoms with Crippen molar-refractivity contribution in [1.82, 2.24) is 5.32 Å². The number of aliphatic hydroxyl groups excluding tert-OH is 2. The van der Waals surface area contributed by atoms with Gasteiger partial charge in [-0.1, -0.05) is 328 Å². The Bertz CT molecular complexity index is 1050. The van der Waals surface area contributed by atoms with E-state index in [2.05, 4.69) is 19.2 Å². The first-order valence-corrected chi connectivity index (χ1v) is 32.0. The highest BCUT2D eigenvalue weighted by Gasteiger charge is 2.18. The summed E-state index contributed by atoms with van der Waals surface area (Å²) < 4.78 is 5.49. The fourth-order valence-corrected chi connectivity index (χ4v) is 10.2. The topological polar surface area (TPSA) is 95.9 Å². The van der Waals surface area contributed by atoms with Gasteiger partial charge in [0.2, 0.25) is 5.91 Å². The van der Waals surface area contributed by atoms with Gasteiger partial charge in [0.25, 0.3) is 0 Å². The predicted molar refractivity (Wildman–Crippen MR) is 306 cm³/mol. The largest absolute Gasteiger partial charge is 0.466 e. The van der Waals surface area contributed by atoms with Gasteiger partial charge in [-0.3, -0.25) is 9.59 Å². The summed E-state index contributed by atoms with van der Waals surface area (Å²) in [5.41, 5.74) is 0. The summed E-state index contributed by atoms with van der Waals surface area (Å²) >= 11 is 0. The summed E-state index contributed by atoms with van der Waals surface area (Å²) in [6.07, 6.45) is 72.8. The molecule has 0 spiro atoms. The number of unbranched alkanes of at least 4 members (excludes halogenated alkanes) is 49. The molecule has 0 radical (unpaired) electrons. The van der Waals surface area contributed by atoms with E-state index in [0.29, 0.717) is 19.4 Å². The molecule has 70 heavy (non-hydrogen) atoms. The maximum Gasteiger partial charge on any atom is 0.305 e. The lowest BCUT2D eigenvalue weighted by atomic mass is 10.0. The molecule has 0 bridgehead atoms. The molecule has 0 fully saturated rings. The lowest BCUT2D eigenvalue weighted by Crippen LogP contribution is -2.45. The third-order valence-electron chi connectivity index (χ3n) is 15.1. The Hall–Kier alpha value is -1.40. The third kappa shape index (κ3) is 55.9. The summed E-state index contributed by atoms with van der Waals surface area (Å²) in [4.78, 5) is 24.5. The zero-order valence-corrected chi connectivity index (χ0v) is 47.5. The summed E-state index contributed by atoms with van der Waals surface area (Å²) in [7, 11) is 0. The summed E-state index contributed by atoms with van der Waals surface area (Å²) in [6.45, 7) is 4.92. The Kier molecular flexibility index (Phi) is 59.0. The standard InChI is InChI=1S/C64H125NO5/c1-3-5-7-9-11-13-15-33-38-42-46-50-54-58-64(69)70-59-55-51-47-43-39-35-32-30-28-26-24-22-20-18-16-17-19-21-23-25-27-29-31-34-37-41-45-49-53-57-63(68)65-61(60-66)62(67)56-52-48-44-40-36-14-12-10-8-6-4-2/h52,56,61-62,66-67H,3-51,53-55,57-60H2,1-2H3,(H,65,68)/b56-52+. The number of aliphatic hydroxyl groups is 2. The second-order valence-electron chi connectivity index (χ2n) is 22.1. The molecule has 2 atom stereocenters. The Morgan fingerprint density at radius 3 is 0.971 bits per heavy atom. The highest BCUT2D eigenvalue weighted by molar-refractivity contribution is 5.76. The van der Waals surface area contributed by atoms with Gasteiger partial charge in [0.05, 0.1) is 25.4 Å². The van der Waals surface area contributed by atoms with Crippen LogP contribution < -0.4 is 5.32 Å².